The maximum absolute atomic E-state index is 13.5. The van der Waals surface area contributed by atoms with Crippen LogP contribution in [0.15, 0.2) is 137 Å². The van der Waals surface area contributed by atoms with E-state index in [0.29, 0.717) is 42.2 Å². The number of hydrogen-bond acceptors (Lipinski definition) is 5. The van der Waals surface area contributed by atoms with Gasteiger partial charge in [0.2, 0.25) is 9.84 Å². The molecule has 2 N–H and O–H groups in total. The molecule has 0 saturated carbocycles. The molecule has 1 atom stereocenters. The first kappa shape index (κ1) is 31.2. The van der Waals surface area contributed by atoms with Crippen LogP contribution in [0.25, 0.3) is 11.1 Å². The maximum atomic E-state index is 13.5. The van der Waals surface area contributed by atoms with Gasteiger partial charge in [0.25, 0.3) is 0 Å². The Labute approximate surface area is 262 Å². The molecular formula is C36H32ClNO5S. The minimum atomic E-state index is -3.84. The molecule has 5 aromatic carbocycles. The molecule has 0 radical (unpaired) electrons. The zero-order chi connectivity index (χ0) is 31.1. The highest BCUT2D eigenvalue weighted by atomic mass is 35.5. The first-order chi connectivity index (χ1) is 21.2. The lowest BCUT2D eigenvalue weighted by Gasteiger charge is -2.25. The predicted molar refractivity (Wildman–Crippen MR) is 173 cm³/mol. The van der Waals surface area contributed by atoms with Crippen LogP contribution in [0.3, 0.4) is 0 Å². The Morgan fingerprint density at radius 2 is 1.45 bits per heavy atom. The topological polar surface area (TPSA) is 94.9 Å². The van der Waals surface area contributed by atoms with Gasteiger partial charge in [-0.05, 0) is 76.7 Å². The van der Waals surface area contributed by atoms with Crippen molar-refractivity contribution in [2.45, 2.75) is 28.9 Å². The molecule has 0 aliphatic heterocycles. The van der Waals surface area contributed by atoms with E-state index in [1.165, 1.54) is 18.2 Å². The van der Waals surface area contributed by atoms with Crippen LogP contribution < -0.4 is 0 Å². The van der Waals surface area contributed by atoms with Gasteiger partial charge in [-0.1, -0.05) is 96.5 Å². The fourth-order valence-corrected chi connectivity index (χ4v) is 6.66. The fourth-order valence-electron chi connectivity index (χ4n) is 5.15. The lowest BCUT2D eigenvalue weighted by molar-refractivity contribution is 0.0697. The van der Waals surface area contributed by atoms with E-state index in [-0.39, 0.29) is 15.4 Å². The van der Waals surface area contributed by atoms with Crippen LogP contribution in [0.4, 0.5) is 0 Å². The number of aromatic carboxylic acids is 1. The van der Waals surface area contributed by atoms with E-state index in [1.807, 2.05) is 54.6 Å². The van der Waals surface area contributed by atoms with E-state index in [9.17, 15) is 23.4 Å². The van der Waals surface area contributed by atoms with Crippen molar-refractivity contribution in [3.8, 4) is 11.1 Å². The van der Waals surface area contributed by atoms with Gasteiger partial charge >= 0.3 is 5.97 Å². The van der Waals surface area contributed by atoms with E-state index < -0.39 is 21.9 Å². The molecule has 8 heteroatoms. The van der Waals surface area contributed by atoms with Gasteiger partial charge in [0, 0.05) is 24.7 Å². The standard InChI is InChI=1S/C36H32ClNO5S/c37-30-12-6-11-29(22-30)35(39)25-38(24-27-8-2-1-3-9-27)21-20-26-16-18-31(19-17-26)44(42,43)32-13-7-10-28(23-32)33-14-4-5-15-34(33)36(40)41/h1-19,22-23,35,39H,20-21,24-25H2,(H,40,41). The zero-order valence-corrected chi connectivity index (χ0v) is 25.5. The highest BCUT2D eigenvalue weighted by Gasteiger charge is 2.20. The van der Waals surface area contributed by atoms with Crippen molar-refractivity contribution in [3.05, 3.63) is 155 Å². The molecule has 0 amide bonds. The van der Waals surface area contributed by atoms with E-state index >= 15 is 0 Å². The van der Waals surface area contributed by atoms with Crippen molar-refractivity contribution >= 4 is 27.4 Å². The molecule has 5 rings (SSSR count). The number of benzene rings is 5. The number of rotatable bonds is 12. The highest BCUT2D eigenvalue weighted by molar-refractivity contribution is 7.91. The Hall–Kier alpha value is -4.27. The van der Waals surface area contributed by atoms with Gasteiger partial charge in [-0.2, -0.15) is 0 Å². The van der Waals surface area contributed by atoms with Crippen LogP contribution >= 0.6 is 11.6 Å². The molecule has 1 unspecified atom stereocenters. The minimum Gasteiger partial charge on any atom is -0.478 e. The third-order valence-electron chi connectivity index (χ3n) is 7.48. The molecule has 0 bridgehead atoms. The Kier molecular flexibility index (Phi) is 9.92. The number of aliphatic hydroxyl groups excluding tert-OH is 1. The number of nitrogens with zero attached hydrogens (tertiary/aromatic N) is 1. The third kappa shape index (κ3) is 7.62. The third-order valence-corrected chi connectivity index (χ3v) is 9.48. The second-order valence-corrected chi connectivity index (χ2v) is 13.0. The normalized spacial score (nSPS) is 12.2. The number of halogens is 1. The fraction of sp³-hybridized carbons (Fsp3) is 0.139. The summed E-state index contributed by atoms with van der Waals surface area (Å²) < 4.78 is 27.1. The van der Waals surface area contributed by atoms with Gasteiger partial charge in [-0.25, -0.2) is 13.2 Å². The van der Waals surface area contributed by atoms with Gasteiger partial charge in [0.15, 0.2) is 0 Å². The summed E-state index contributed by atoms with van der Waals surface area (Å²) in [5, 5.41) is 21.1. The molecular weight excluding hydrogens is 594 g/mol. The Morgan fingerprint density at radius 3 is 2.18 bits per heavy atom. The summed E-state index contributed by atoms with van der Waals surface area (Å²) in [6, 6.07) is 37.0. The van der Waals surface area contributed by atoms with Crippen molar-refractivity contribution in [1.29, 1.82) is 0 Å². The lowest BCUT2D eigenvalue weighted by atomic mass is 10.00. The summed E-state index contributed by atoms with van der Waals surface area (Å²) in [5.74, 6) is -1.08. The molecule has 0 saturated heterocycles. The molecule has 0 heterocycles. The first-order valence-corrected chi connectivity index (χ1v) is 16.0. The van der Waals surface area contributed by atoms with Crippen LogP contribution in [0, 0.1) is 0 Å². The maximum Gasteiger partial charge on any atom is 0.336 e. The molecule has 44 heavy (non-hydrogen) atoms. The van der Waals surface area contributed by atoms with E-state index in [2.05, 4.69) is 4.90 Å². The van der Waals surface area contributed by atoms with Gasteiger partial charge in [0.05, 0.1) is 21.5 Å². The summed E-state index contributed by atoms with van der Waals surface area (Å²) in [7, 11) is -3.84. The minimum absolute atomic E-state index is 0.0898. The van der Waals surface area contributed by atoms with Crippen LogP contribution in [0.2, 0.25) is 5.02 Å². The molecule has 0 aromatic heterocycles. The van der Waals surface area contributed by atoms with Gasteiger partial charge in [-0.15, -0.1) is 0 Å². The van der Waals surface area contributed by atoms with Crippen molar-refractivity contribution < 1.29 is 23.4 Å². The zero-order valence-electron chi connectivity index (χ0n) is 23.9. The van der Waals surface area contributed by atoms with Crippen LogP contribution in [0.1, 0.15) is 33.2 Å². The number of carbonyl (C=O) groups is 1. The van der Waals surface area contributed by atoms with E-state index in [4.69, 9.17) is 11.6 Å². The van der Waals surface area contributed by atoms with Crippen molar-refractivity contribution in [3.63, 3.8) is 0 Å². The number of carboxylic acid groups (broad SMARTS) is 1. The van der Waals surface area contributed by atoms with Crippen molar-refractivity contribution in [2.75, 3.05) is 13.1 Å². The number of hydrogen-bond donors (Lipinski definition) is 2. The highest BCUT2D eigenvalue weighted by Crippen LogP contribution is 2.29. The van der Waals surface area contributed by atoms with Gasteiger partial charge in [-0.3, -0.25) is 4.90 Å². The average molecular weight is 626 g/mol. The molecule has 0 aliphatic carbocycles. The number of sulfone groups is 1. The summed E-state index contributed by atoms with van der Waals surface area (Å²) in [6.07, 6.45) is -0.0696. The Balaban J connectivity index is 1.31. The van der Waals surface area contributed by atoms with E-state index in [0.717, 1.165) is 16.7 Å². The number of carboxylic acids is 1. The molecule has 6 nitrogen and oxygen atoms in total. The summed E-state index contributed by atoms with van der Waals surface area (Å²) in [4.78, 5) is 14.1. The molecule has 0 spiro atoms. The second-order valence-electron chi connectivity index (χ2n) is 10.6. The van der Waals surface area contributed by atoms with E-state index in [1.54, 1.807) is 54.6 Å². The SMILES string of the molecule is O=C(O)c1ccccc1-c1cccc(S(=O)(=O)c2ccc(CCN(Cc3ccccc3)CC(O)c3cccc(Cl)c3)cc2)c1. The summed E-state index contributed by atoms with van der Waals surface area (Å²) in [5.41, 5.74) is 3.91. The molecule has 224 valence electrons. The number of aliphatic hydroxyl groups is 1. The average Bonchev–Trinajstić information content (AvgIpc) is 3.04. The summed E-state index contributed by atoms with van der Waals surface area (Å²) in [6.45, 7) is 1.69. The van der Waals surface area contributed by atoms with Gasteiger partial charge in [0.1, 0.15) is 0 Å². The summed E-state index contributed by atoms with van der Waals surface area (Å²) >= 11 is 6.14. The van der Waals surface area contributed by atoms with Crippen LogP contribution in [-0.4, -0.2) is 42.6 Å². The smallest absolute Gasteiger partial charge is 0.336 e. The second kappa shape index (κ2) is 14.0. The molecule has 5 aromatic rings. The monoisotopic (exact) mass is 625 g/mol. The van der Waals surface area contributed by atoms with Crippen molar-refractivity contribution in [2.24, 2.45) is 0 Å². The Morgan fingerprint density at radius 1 is 0.750 bits per heavy atom. The van der Waals surface area contributed by atoms with Crippen molar-refractivity contribution in [1.82, 2.24) is 4.90 Å². The van der Waals surface area contributed by atoms with Crippen LogP contribution in [0.5, 0.6) is 0 Å². The van der Waals surface area contributed by atoms with Crippen LogP contribution in [-0.2, 0) is 22.8 Å². The first-order valence-electron chi connectivity index (χ1n) is 14.2. The quantitative estimate of drug-likeness (QED) is 0.151. The predicted octanol–water partition coefficient (Wildman–Crippen LogP) is 7.32. The Bertz CT molecular complexity index is 1840. The molecule has 0 aliphatic rings. The van der Waals surface area contributed by atoms with Gasteiger partial charge < -0.3 is 10.2 Å². The lowest BCUT2D eigenvalue weighted by Crippen LogP contribution is -2.30. The molecule has 0 fully saturated rings. The largest absolute Gasteiger partial charge is 0.478 e.